The standard InChI is InChI=1S/C25H27FN4O4/c1-15-9-16(10-27)3-4-19(15)29-20-5-8-28-23(21(20)26)33-22-17-11-30(12-18(22)14-32-13-17)24(31)34-25(2)6-7-25/h3-5,8-9,17-18,22H,6-7,11-14H2,1-2H3,(H,28,29). The fraction of sp³-hybridized carbons (Fsp3) is 0.480. The predicted octanol–water partition coefficient (Wildman–Crippen LogP) is 4.16. The van der Waals surface area contributed by atoms with Gasteiger partial charge in [-0.25, -0.2) is 9.78 Å². The molecule has 1 aromatic carbocycles. The molecule has 178 valence electrons. The van der Waals surface area contributed by atoms with E-state index in [-0.39, 0.29) is 41.2 Å². The SMILES string of the molecule is Cc1cc(C#N)ccc1Nc1ccnc(OC2C3COCC2CN(C(=O)OC2(C)CC2)C3)c1F. The van der Waals surface area contributed by atoms with Crippen molar-refractivity contribution in [3.8, 4) is 11.9 Å². The highest BCUT2D eigenvalue weighted by Gasteiger charge is 2.47. The smallest absolute Gasteiger partial charge is 0.410 e. The molecule has 2 saturated heterocycles. The van der Waals surface area contributed by atoms with Crippen molar-refractivity contribution in [2.45, 2.75) is 38.4 Å². The van der Waals surface area contributed by atoms with Gasteiger partial charge in [0.15, 0.2) is 0 Å². The molecule has 8 nitrogen and oxygen atoms in total. The van der Waals surface area contributed by atoms with E-state index in [1.807, 2.05) is 13.8 Å². The Labute approximate surface area is 197 Å². The van der Waals surface area contributed by atoms with E-state index in [0.29, 0.717) is 37.6 Å². The van der Waals surface area contributed by atoms with Crippen molar-refractivity contribution in [1.82, 2.24) is 9.88 Å². The molecule has 1 saturated carbocycles. The van der Waals surface area contributed by atoms with Crippen LogP contribution in [0.15, 0.2) is 30.5 Å². The Morgan fingerprint density at radius 1 is 1.26 bits per heavy atom. The molecule has 1 aliphatic carbocycles. The summed E-state index contributed by atoms with van der Waals surface area (Å²) in [5, 5.41) is 12.1. The van der Waals surface area contributed by atoms with Crippen LogP contribution in [0.5, 0.6) is 5.88 Å². The van der Waals surface area contributed by atoms with Gasteiger partial charge in [-0.2, -0.15) is 9.65 Å². The molecule has 2 unspecified atom stereocenters. The molecule has 3 heterocycles. The topological polar surface area (TPSA) is 96.7 Å². The first kappa shape index (κ1) is 22.4. The van der Waals surface area contributed by atoms with Crippen molar-refractivity contribution in [3.63, 3.8) is 0 Å². The first-order valence-electron chi connectivity index (χ1n) is 11.5. The normalized spacial score (nSPS) is 24.6. The number of nitriles is 1. The molecule has 1 N–H and O–H groups in total. The molecule has 1 amide bonds. The third kappa shape index (κ3) is 4.50. The minimum Gasteiger partial charge on any atom is -0.471 e. The molecule has 0 radical (unpaired) electrons. The van der Waals surface area contributed by atoms with Crippen LogP contribution in [0, 0.1) is 35.9 Å². The minimum absolute atomic E-state index is 0.0836. The average Bonchev–Trinajstić information content (AvgIpc) is 3.53. The molecule has 5 rings (SSSR count). The summed E-state index contributed by atoms with van der Waals surface area (Å²) in [7, 11) is 0. The molecular formula is C25H27FN4O4. The number of pyridine rings is 1. The maximum absolute atomic E-state index is 15.3. The fourth-order valence-corrected chi connectivity index (χ4v) is 4.54. The number of aromatic nitrogens is 1. The zero-order valence-corrected chi connectivity index (χ0v) is 19.2. The summed E-state index contributed by atoms with van der Waals surface area (Å²) >= 11 is 0. The molecular weight excluding hydrogens is 439 g/mol. The van der Waals surface area contributed by atoms with Crippen LogP contribution in [0.25, 0.3) is 0 Å². The number of anilines is 2. The summed E-state index contributed by atoms with van der Waals surface area (Å²) in [6.07, 6.45) is 2.67. The first-order valence-corrected chi connectivity index (χ1v) is 11.5. The number of hydrogen-bond donors (Lipinski definition) is 1. The summed E-state index contributed by atoms with van der Waals surface area (Å²) in [4.78, 5) is 18.5. The number of piperidine rings is 1. The number of nitrogens with one attached hydrogen (secondary N) is 1. The van der Waals surface area contributed by atoms with Crippen LogP contribution in [0.4, 0.5) is 20.6 Å². The maximum atomic E-state index is 15.3. The van der Waals surface area contributed by atoms with E-state index >= 15 is 4.39 Å². The zero-order chi connectivity index (χ0) is 23.9. The van der Waals surface area contributed by atoms with Gasteiger partial charge in [-0.1, -0.05) is 0 Å². The van der Waals surface area contributed by atoms with E-state index in [4.69, 9.17) is 19.5 Å². The lowest BCUT2D eigenvalue weighted by molar-refractivity contribution is -0.112. The lowest BCUT2D eigenvalue weighted by Gasteiger charge is -2.46. The highest BCUT2D eigenvalue weighted by molar-refractivity contribution is 5.69. The van der Waals surface area contributed by atoms with Crippen molar-refractivity contribution in [2.24, 2.45) is 11.8 Å². The van der Waals surface area contributed by atoms with Crippen LogP contribution < -0.4 is 10.1 Å². The fourth-order valence-electron chi connectivity index (χ4n) is 4.54. The van der Waals surface area contributed by atoms with E-state index in [1.165, 1.54) is 6.20 Å². The van der Waals surface area contributed by atoms with Crippen LogP contribution in [0.2, 0.25) is 0 Å². The van der Waals surface area contributed by atoms with Crippen LogP contribution in [0.1, 0.15) is 30.9 Å². The largest absolute Gasteiger partial charge is 0.471 e. The molecule has 1 aromatic heterocycles. The summed E-state index contributed by atoms with van der Waals surface area (Å²) in [6, 6.07) is 8.79. The van der Waals surface area contributed by atoms with E-state index in [1.54, 1.807) is 29.2 Å². The van der Waals surface area contributed by atoms with Gasteiger partial charge in [0.2, 0.25) is 5.82 Å². The van der Waals surface area contributed by atoms with Crippen molar-refractivity contribution < 1.29 is 23.4 Å². The highest BCUT2D eigenvalue weighted by atomic mass is 19.1. The molecule has 0 spiro atoms. The highest BCUT2D eigenvalue weighted by Crippen LogP contribution is 2.40. The van der Waals surface area contributed by atoms with Crippen LogP contribution >= 0.6 is 0 Å². The number of likely N-dealkylation sites (tertiary alicyclic amines) is 1. The number of halogens is 1. The Morgan fingerprint density at radius 2 is 2.00 bits per heavy atom. The number of carbonyl (C=O) groups excluding carboxylic acids is 1. The number of rotatable bonds is 5. The van der Waals surface area contributed by atoms with E-state index < -0.39 is 5.82 Å². The Morgan fingerprint density at radius 3 is 2.65 bits per heavy atom. The van der Waals surface area contributed by atoms with Crippen LogP contribution in [-0.2, 0) is 9.47 Å². The summed E-state index contributed by atoms with van der Waals surface area (Å²) in [6.45, 7) is 5.50. The van der Waals surface area contributed by atoms with E-state index in [0.717, 1.165) is 18.4 Å². The van der Waals surface area contributed by atoms with Crippen molar-refractivity contribution >= 4 is 17.5 Å². The van der Waals surface area contributed by atoms with E-state index in [9.17, 15) is 4.79 Å². The third-order valence-corrected chi connectivity index (χ3v) is 6.78. The monoisotopic (exact) mass is 466 g/mol. The number of ether oxygens (including phenoxy) is 3. The number of nitrogens with zero attached hydrogens (tertiary/aromatic N) is 3. The van der Waals surface area contributed by atoms with Crippen molar-refractivity contribution in [3.05, 3.63) is 47.4 Å². The molecule has 2 bridgehead atoms. The van der Waals surface area contributed by atoms with Gasteiger partial charge < -0.3 is 24.4 Å². The molecule has 3 fully saturated rings. The van der Waals surface area contributed by atoms with Crippen LogP contribution in [0.3, 0.4) is 0 Å². The molecule has 3 aliphatic rings. The minimum atomic E-state index is -0.589. The van der Waals surface area contributed by atoms with E-state index in [2.05, 4.69) is 16.4 Å². The van der Waals surface area contributed by atoms with Gasteiger partial charge >= 0.3 is 6.09 Å². The first-order chi connectivity index (χ1) is 16.3. The van der Waals surface area contributed by atoms with Gasteiger partial charge in [-0.15, -0.1) is 0 Å². The van der Waals surface area contributed by atoms with Gasteiger partial charge in [0, 0.05) is 36.8 Å². The Kier molecular flexibility index (Phi) is 5.78. The quantitative estimate of drug-likeness (QED) is 0.707. The molecule has 2 aromatic rings. The second-order valence-electron chi connectivity index (χ2n) is 9.61. The molecule has 2 atom stereocenters. The molecule has 2 aliphatic heterocycles. The van der Waals surface area contributed by atoms with Crippen LogP contribution in [-0.4, -0.2) is 54.0 Å². The number of aryl methyl sites for hydroxylation is 1. The van der Waals surface area contributed by atoms with Crippen molar-refractivity contribution in [2.75, 3.05) is 31.6 Å². The van der Waals surface area contributed by atoms with Gasteiger partial charge in [0.05, 0.1) is 30.5 Å². The predicted molar refractivity (Wildman–Crippen MR) is 121 cm³/mol. The Bertz CT molecular complexity index is 1130. The van der Waals surface area contributed by atoms with Gasteiger partial charge in [0.25, 0.3) is 5.88 Å². The molecule has 9 heteroatoms. The number of benzene rings is 1. The second kappa shape index (κ2) is 8.76. The van der Waals surface area contributed by atoms with Gasteiger partial charge in [0.1, 0.15) is 11.7 Å². The molecule has 34 heavy (non-hydrogen) atoms. The second-order valence-corrected chi connectivity index (χ2v) is 9.61. The number of fused-ring (bicyclic) bond motifs is 2. The maximum Gasteiger partial charge on any atom is 0.410 e. The third-order valence-electron chi connectivity index (χ3n) is 6.78. The number of carbonyl (C=O) groups is 1. The lowest BCUT2D eigenvalue weighted by atomic mass is 9.84. The Balaban J connectivity index is 1.30. The lowest BCUT2D eigenvalue weighted by Crippen LogP contribution is -2.59. The Hall–Kier alpha value is -3.38. The number of hydrogen-bond acceptors (Lipinski definition) is 7. The number of amides is 1. The average molecular weight is 467 g/mol. The van der Waals surface area contributed by atoms with Crippen molar-refractivity contribution in [1.29, 1.82) is 5.26 Å². The van der Waals surface area contributed by atoms with Gasteiger partial charge in [-0.05, 0) is 56.5 Å². The summed E-state index contributed by atoms with van der Waals surface area (Å²) in [5.41, 5.74) is 1.96. The summed E-state index contributed by atoms with van der Waals surface area (Å²) < 4.78 is 32.8. The summed E-state index contributed by atoms with van der Waals surface area (Å²) in [5.74, 6) is -0.884. The zero-order valence-electron chi connectivity index (χ0n) is 19.2. The van der Waals surface area contributed by atoms with Gasteiger partial charge in [-0.3, -0.25) is 0 Å².